The van der Waals surface area contributed by atoms with Crippen LogP contribution in [0.3, 0.4) is 0 Å². The molecule has 0 bridgehead atoms. The summed E-state index contributed by atoms with van der Waals surface area (Å²) in [6, 6.07) is 0. The van der Waals surface area contributed by atoms with Crippen molar-refractivity contribution in [1.29, 1.82) is 0 Å². The number of rotatable bonds is 2. The normalized spacial score (nSPS) is 18.7. The Morgan fingerprint density at radius 1 is 1.53 bits per heavy atom. The number of aromatic nitrogens is 2. The molecule has 2 aromatic rings. The van der Waals surface area contributed by atoms with Gasteiger partial charge in [0.15, 0.2) is 0 Å². The minimum Gasteiger partial charge on any atom is -0.335 e. The van der Waals surface area contributed by atoms with Crippen LogP contribution in [0.5, 0.6) is 0 Å². The summed E-state index contributed by atoms with van der Waals surface area (Å²) in [7, 11) is 0. The summed E-state index contributed by atoms with van der Waals surface area (Å²) < 4.78 is 1.25. The number of nitrogens with two attached hydrogens (primary N) is 1. The van der Waals surface area contributed by atoms with E-state index in [4.69, 9.17) is 5.84 Å². The zero-order valence-corrected chi connectivity index (χ0v) is 12.2. The van der Waals surface area contributed by atoms with Crippen LogP contribution in [0.25, 0.3) is 10.2 Å². The molecule has 102 valence electrons. The molecule has 0 saturated heterocycles. The Labute approximate surface area is 116 Å². The van der Waals surface area contributed by atoms with Crippen LogP contribution in [-0.4, -0.2) is 9.66 Å². The summed E-state index contributed by atoms with van der Waals surface area (Å²) in [4.78, 5) is 19.3. The second kappa shape index (κ2) is 4.63. The molecule has 0 radical (unpaired) electrons. The summed E-state index contributed by atoms with van der Waals surface area (Å²) in [6.07, 6.45) is 4.90. The average Bonchev–Trinajstić information content (AvgIpc) is 2.73. The van der Waals surface area contributed by atoms with E-state index in [0.717, 1.165) is 42.3 Å². The van der Waals surface area contributed by atoms with Gasteiger partial charge in [0.05, 0.1) is 5.39 Å². The van der Waals surface area contributed by atoms with Crippen LogP contribution in [-0.2, 0) is 19.3 Å². The molecule has 0 aromatic carbocycles. The Balaban J connectivity index is 2.25. The molecule has 0 aliphatic heterocycles. The zero-order chi connectivity index (χ0) is 13.6. The van der Waals surface area contributed by atoms with Gasteiger partial charge in [-0.1, -0.05) is 13.8 Å². The van der Waals surface area contributed by atoms with Crippen molar-refractivity contribution in [2.24, 2.45) is 5.92 Å². The third-order valence-corrected chi connectivity index (χ3v) is 5.06. The minimum atomic E-state index is -0.0690. The van der Waals surface area contributed by atoms with E-state index < -0.39 is 0 Å². The topological polar surface area (TPSA) is 60.9 Å². The molecule has 0 amide bonds. The molecule has 19 heavy (non-hydrogen) atoms. The lowest BCUT2D eigenvalue weighted by Gasteiger charge is -2.17. The molecule has 2 heterocycles. The Morgan fingerprint density at radius 3 is 3.05 bits per heavy atom. The molecular formula is C14H19N3OS. The fourth-order valence-corrected chi connectivity index (χ4v) is 4.24. The first-order valence-corrected chi connectivity index (χ1v) is 7.74. The van der Waals surface area contributed by atoms with Gasteiger partial charge < -0.3 is 5.84 Å². The second-order valence-electron chi connectivity index (χ2n) is 5.49. The van der Waals surface area contributed by atoms with Crippen LogP contribution in [0, 0.1) is 5.92 Å². The highest BCUT2D eigenvalue weighted by molar-refractivity contribution is 7.18. The standard InChI is InChI=1S/C14H19N3OS/c1-3-4-11-16-13-12(14(18)17(11)15)9-6-5-8(2)7-10(9)19-13/h8H,3-7,15H2,1-2H3. The van der Waals surface area contributed by atoms with E-state index in [-0.39, 0.29) is 5.56 Å². The first-order chi connectivity index (χ1) is 9.11. The van der Waals surface area contributed by atoms with Crippen molar-refractivity contribution in [2.45, 2.75) is 46.0 Å². The molecule has 2 aromatic heterocycles. The summed E-state index contributed by atoms with van der Waals surface area (Å²) in [5.74, 6) is 7.31. The number of hydrogen-bond donors (Lipinski definition) is 1. The molecule has 1 aliphatic rings. The molecule has 4 nitrogen and oxygen atoms in total. The number of aryl methyl sites for hydroxylation is 2. The SMILES string of the molecule is CCCc1nc2sc3c(c2c(=O)n1N)CCC(C)C3. The quantitative estimate of drug-likeness (QED) is 0.856. The maximum atomic E-state index is 12.4. The van der Waals surface area contributed by atoms with Crippen LogP contribution in [0.4, 0.5) is 0 Å². The van der Waals surface area contributed by atoms with Crippen LogP contribution < -0.4 is 11.4 Å². The van der Waals surface area contributed by atoms with E-state index in [0.29, 0.717) is 11.7 Å². The van der Waals surface area contributed by atoms with Crippen molar-refractivity contribution in [3.63, 3.8) is 0 Å². The number of nitrogen functional groups attached to an aromatic ring is 1. The fraction of sp³-hybridized carbons (Fsp3) is 0.571. The van der Waals surface area contributed by atoms with Gasteiger partial charge in [0.2, 0.25) is 0 Å². The summed E-state index contributed by atoms with van der Waals surface area (Å²) >= 11 is 1.69. The predicted molar refractivity (Wildman–Crippen MR) is 79.2 cm³/mol. The molecule has 0 spiro atoms. The Hall–Kier alpha value is -1.36. The van der Waals surface area contributed by atoms with E-state index in [1.165, 1.54) is 15.1 Å². The first-order valence-electron chi connectivity index (χ1n) is 6.93. The van der Waals surface area contributed by atoms with Crippen molar-refractivity contribution in [1.82, 2.24) is 9.66 Å². The van der Waals surface area contributed by atoms with Crippen LogP contribution in [0.2, 0.25) is 0 Å². The molecule has 1 atom stereocenters. The van der Waals surface area contributed by atoms with Gasteiger partial charge in [-0.3, -0.25) is 4.79 Å². The van der Waals surface area contributed by atoms with Crippen molar-refractivity contribution in [3.05, 3.63) is 26.6 Å². The molecule has 5 heteroatoms. The summed E-state index contributed by atoms with van der Waals surface area (Å²) in [5, 5.41) is 0.772. The third-order valence-electron chi connectivity index (χ3n) is 3.91. The molecule has 0 fully saturated rings. The van der Waals surface area contributed by atoms with Crippen molar-refractivity contribution in [2.75, 3.05) is 5.84 Å². The highest BCUT2D eigenvalue weighted by Gasteiger charge is 2.23. The Kier molecular flexibility index (Phi) is 3.09. The van der Waals surface area contributed by atoms with Gasteiger partial charge >= 0.3 is 0 Å². The lowest BCUT2D eigenvalue weighted by Crippen LogP contribution is -2.31. The Morgan fingerprint density at radius 2 is 2.32 bits per heavy atom. The van der Waals surface area contributed by atoms with E-state index in [2.05, 4.69) is 18.8 Å². The Bertz CT molecular complexity index is 686. The molecular weight excluding hydrogens is 258 g/mol. The van der Waals surface area contributed by atoms with Gasteiger partial charge in [0, 0.05) is 11.3 Å². The van der Waals surface area contributed by atoms with E-state index >= 15 is 0 Å². The van der Waals surface area contributed by atoms with Gasteiger partial charge in [-0.05, 0) is 37.2 Å². The van der Waals surface area contributed by atoms with Gasteiger partial charge in [-0.2, -0.15) is 0 Å². The second-order valence-corrected chi connectivity index (χ2v) is 6.57. The summed E-state index contributed by atoms with van der Waals surface area (Å²) in [6.45, 7) is 4.34. The van der Waals surface area contributed by atoms with Crippen molar-refractivity contribution in [3.8, 4) is 0 Å². The lowest BCUT2D eigenvalue weighted by atomic mass is 9.89. The fourth-order valence-electron chi connectivity index (χ4n) is 2.84. The largest absolute Gasteiger partial charge is 0.335 e. The molecule has 3 rings (SSSR count). The maximum Gasteiger partial charge on any atom is 0.280 e. The zero-order valence-electron chi connectivity index (χ0n) is 11.4. The van der Waals surface area contributed by atoms with E-state index in [9.17, 15) is 4.79 Å². The molecule has 1 aliphatic carbocycles. The molecule has 2 N–H and O–H groups in total. The highest BCUT2D eigenvalue weighted by atomic mass is 32.1. The highest BCUT2D eigenvalue weighted by Crippen LogP contribution is 2.35. The predicted octanol–water partition coefficient (Wildman–Crippen LogP) is 2.25. The van der Waals surface area contributed by atoms with Gasteiger partial charge in [-0.15, -0.1) is 11.3 Å². The summed E-state index contributed by atoms with van der Waals surface area (Å²) in [5.41, 5.74) is 1.14. The van der Waals surface area contributed by atoms with E-state index in [1.807, 2.05) is 0 Å². The lowest BCUT2D eigenvalue weighted by molar-refractivity contribution is 0.509. The first kappa shape index (κ1) is 12.7. The van der Waals surface area contributed by atoms with Crippen molar-refractivity contribution >= 4 is 21.6 Å². The number of nitrogens with zero attached hydrogens (tertiary/aromatic N) is 2. The average molecular weight is 277 g/mol. The maximum absolute atomic E-state index is 12.4. The van der Waals surface area contributed by atoms with Crippen LogP contribution >= 0.6 is 11.3 Å². The smallest absolute Gasteiger partial charge is 0.280 e. The molecule has 1 unspecified atom stereocenters. The van der Waals surface area contributed by atoms with Gasteiger partial charge in [0.25, 0.3) is 5.56 Å². The van der Waals surface area contributed by atoms with Crippen LogP contribution in [0.1, 0.15) is 43.0 Å². The number of thiophene rings is 1. The third kappa shape index (κ3) is 1.96. The number of fused-ring (bicyclic) bond motifs is 3. The van der Waals surface area contributed by atoms with Gasteiger partial charge in [-0.25, -0.2) is 9.66 Å². The van der Waals surface area contributed by atoms with Crippen molar-refractivity contribution < 1.29 is 0 Å². The van der Waals surface area contributed by atoms with E-state index in [1.54, 1.807) is 11.3 Å². The monoisotopic (exact) mass is 277 g/mol. The number of hydrogen-bond acceptors (Lipinski definition) is 4. The molecule has 0 saturated carbocycles. The van der Waals surface area contributed by atoms with Gasteiger partial charge in [0.1, 0.15) is 10.7 Å². The van der Waals surface area contributed by atoms with Crippen LogP contribution in [0.15, 0.2) is 4.79 Å². The minimum absolute atomic E-state index is 0.0690.